The van der Waals surface area contributed by atoms with E-state index in [1.165, 1.54) is 52.7 Å². The van der Waals surface area contributed by atoms with Crippen molar-refractivity contribution < 1.29 is 101 Å². The van der Waals surface area contributed by atoms with Gasteiger partial charge in [-0.3, -0.25) is 10.1 Å². The Bertz CT molecular complexity index is 8000. The summed E-state index contributed by atoms with van der Waals surface area (Å²) >= 11 is 10.1. The van der Waals surface area contributed by atoms with Crippen LogP contribution in [0.3, 0.4) is 0 Å². The van der Waals surface area contributed by atoms with E-state index < -0.39 is 16.8 Å². The average molecular weight is 1930 g/mol. The number of benzene rings is 10. The zero-order chi connectivity index (χ0) is 95.7. The van der Waals surface area contributed by atoms with Crippen LogP contribution in [-0.2, 0) is 86.4 Å². The highest BCUT2D eigenvalue weighted by atomic mass is 32.1. The molecule has 138 heavy (non-hydrogen) atoms. The fourth-order valence-corrected chi connectivity index (χ4v) is 24.1. The third kappa shape index (κ3) is 15.2. The second kappa shape index (κ2) is 35.7. The van der Waals surface area contributed by atoms with Crippen LogP contribution < -0.4 is 28.4 Å². The number of cyclic esters (lactones) is 5. The first kappa shape index (κ1) is 89.1. The van der Waals surface area contributed by atoms with E-state index in [4.69, 9.17) is 64.3 Å². The Morgan fingerprint density at radius 1 is 0.428 bits per heavy atom. The molecule has 0 amide bonds. The number of carbonyl (C=O) groups is 5. The molecule has 25 rings (SSSR count). The number of nitro groups is 1. The molecule has 0 bridgehead atoms. The highest BCUT2D eigenvalue weighted by Crippen LogP contribution is 2.56. The number of phenolic OH excluding ortho intramolecular Hbond substituents is 3. The lowest BCUT2D eigenvalue weighted by atomic mass is 9.74. The number of aliphatic hydroxyl groups is 1. The maximum absolute atomic E-state index is 12.7. The number of hydrogen-bond donors (Lipinski definition) is 7. The molecule has 15 aromatic rings. The highest BCUT2D eigenvalue weighted by molar-refractivity contribution is 7.71. The number of esters is 5. The number of hydrogen-bond acceptors (Lipinski definition) is 31. The van der Waals surface area contributed by atoms with Crippen LogP contribution >= 0.6 is 46.2 Å². The number of carbonyl (C=O) groups excluding carboxylic acids is 5. The van der Waals surface area contributed by atoms with E-state index >= 15 is 0 Å². The molecule has 10 aliphatic rings. The van der Waals surface area contributed by atoms with Crippen LogP contribution in [0.25, 0.3) is 52.7 Å². The predicted molar refractivity (Wildman–Crippen MR) is 512 cm³/mol. The van der Waals surface area contributed by atoms with Gasteiger partial charge < -0.3 is 82.5 Å². The smallest absolute Gasteiger partial charge is 0.335 e. The molecule has 5 aromatic heterocycles. The molecule has 0 saturated heterocycles. The minimum atomic E-state index is -0.467. The summed E-state index contributed by atoms with van der Waals surface area (Å²) in [7, 11) is 9.01. The Morgan fingerprint density at radius 2 is 0.833 bits per heavy atom. The number of nitrogens with one attached hydrogen (secondary N) is 3. The van der Waals surface area contributed by atoms with E-state index in [2.05, 4.69) is 64.6 Å². The van der Waals surface area contributed by atoms with Gasteiger partial charge in [0.2, 0.25) is 0 Å². The third-order valence-corrected chi connectivity index (χ3v) is 30.0. The first-order chi connectivity index (χ1) is 66.9. The molecule has 5 atom stereocenters. The number of aliphatic hydroxyl groups excluding tert-OH is 1. The number of aromatic nitrogens is 8. The highest BCUT2D eigenvalue weighted by Gasteiger charge is 2.47. The number of ether oxygens (including phenoxy) is 11. The van der Waals surface area contributed by atoms with Gasteiger partial charge in [0.1, 0.15) is 44.1 Å². The summed E-state index contributed by atoms with van der Waals surface area (Å²) < 4.78 is 62.2. The van der Waals surface area contributed by atoms with Gasteiger partial charge in [-0.15, -0.1) is 34.0 Å². The van der Waals surface area contributed by atoms with E-state index in [-0.39, 0.29) is 89.5 Å². The second-order valence-corrected chi connectivity index (χ2v) is 38.0. The van der Waals surface area contributed by atoms with Crippen LogP contribution in [-0.4, -0.2) is 171 Å². The Labute approximate surface area is 801 Å². The molecule has 0 radical (unpaired) electrons. The monoisotopic (exact) mass is 1930 g/mol. The number of aromatic amines is 3. The standard InChI is InChI=1S/C21H19N3O5.C21H16N2O5S.C21H17NO4S.C20H16N2O4S.C20H15NO4S/c1-27-15-7-11(6-12(8-25)20(15)28-2)16-17-10(3-4-14-19(17)23-24-22-14)5-13-9-29-21(26)18(13)16;1-10-22-14-5-3-11-7-13-9-28-21(24)19(13)17(18(11)20(14)29-10)12-4-6-16(27-2)15(8-12)23(25)26;1-10-22-14-5-3-11-7-13-9-26-21(24)19(13)17(18(11)20(14)27-10)12-4-6-15(23)16(8-12)25-2;1-25-14-5-3-10(7-13(14)23)15-16-9(6-11-8-26-19(24)17(11)15)2-4-12-18(16)22-20(27)21-12;1-24-15-5-3-11(7-14(15)22)16-17-10(2-4-13-19(17)26-9-21-13)6-12-8-25-20(23)18(12)16/h3-4,6-7,16,25H,5,8-9H2,1-2H3,(H,22,23,24);3-6,8,17H,7,9H2,1-2H3;3-6,8,17,23H,7,9H2,1-2H3;2-5,7,15,23H,6,8H2,1H3,(H2,21,22,27);2-5,7,9,16,22H,6,8H2,1H3. The number of methoxy groups -OCH3 is 6. The van der Waals surface area contributed by atoms with Crippen molar-refractivity contribution in [1.29, 1.82) is 0 Å². The molecule has 7 N–H and O–H groups in total. The van der Waals surface area contributed by atoms with Crippen LogP contribution in [0.1, 0.15) is 129 Å². The van der Waals surface area contributed by atoms with E-state index in [0.29, 0.717) is 125 Å². The van der Waals surface area contributed by atoms with Gasteiger partial charge in [0, 0.05) is 41.2 Å². The molecule has 696 valence electrons. The number of imidazole rings is 1. The van der Waals surface area contributed by atoms with Crippen molar-refractivity contribution in [1.82, 2.24) is 40.3 Å². The van der Waals surface area contributed by atoms with Crippen molar-refractivity contribution in [3.8, 4) is 51.7 Å². The maximum atomic E-state index is 12.7. The molecule has 5 unspecified atom stereocenters. The van der Waals surface area contributed by atoms with Gasteiger partial charge in [-0.25, -0.2) is 38.9 Å². The Hall–Kier alpha value is -15.4. The molecule has 5 aliphatic carbocycles. The summed E-state index contributed by atoms with van der Waals surface area (Å²) in [5.41, 5.74) is 31.2. The molecule has 5 aliphatic heterocycles. The molecule has 0 fully saturated rings. The van der Waals surface area contributed by atoms with Crippen molar-refractivity contribution >= 4 is 134 Å². The second-order valence-electron chi connectivity index (χ2n) is 34.3. The summed E-state index contributed by atoms with van der Waals surface area (Å²) in [6.07, 6.45) is 3.36. The molecule has 10 heterocycles. The topological polar surface area (TPSA) is 423 Å². The van der Waals surface area contributed by atoms with E-state index in [1.807, 2.05) is 86.1 Å². The summed E-state index contributed by atoms with van der Waals surface area (Å²) in [4.78, 5) is 94.1. The maximum Gasteiger partial charge on any atom is 0.335 e. The zero-order valence-corrected chi connectivity index (χ0v) is 78.3. The molecule has 10 aromatic carbocycles. The quantitative estimate of drug-likeness (QED) is 0.0185. The van der Waals surface area contributed by atoms with Gasteiger partial charge >= 0.3 is 35.5 Å². The number of phenols is 3. The SMILES string of the molecule is COc1cc(C2C3=C(COC3=O)Cc3ccc4n[nH]nc4c32)cc(CO)c1OC.COc1cc(C2C3=C(COC3=O)Cc3ccc4nc(C)sc4c32)ccc1O.COc1ccc(C2C3=C(COC3=O)Cc3ccc4[nH]c(=S)[nH]c4c32)cc1O.COc1ccc(C2C3=C(COC3=O)Cc3ccc4nc(C)sc4c32)cc1[N+](=O)[O-].COc1ccc(C2C3=C(COC3=O)Cc3ccc4ncsc4c32)cc1O. The number of nitro benzene ring substituents is 1. The number of rotatable bonds is 13. The third-order valence-electron chi connectivity index (χ3n) is 26.9. The summed E-state index contributed by atoms with van der Waals surface area (Å²) in [6.45, 7) is 5.27. The molecular formula is C103H83N9O22S4. The van der Waals surface area contributed by atoms with Gasteiger partial charge in [-0.2, -0.15) is 15.4 Å². The Balaban J connectivity index is 0.000000103. The minimum Gasteiger partial charge on any atom is -0.504 e. The first-order valence-electron chi connectivity index (χ1n) is 43.9. The van der Waals surface area contributed by atoms with Crippen LogP contribution in [0.4, 0.5) is 5.69 Å². The number of aromatic hydroxyl groups is 3. The molecule has 35 heteroatoms. The van der Waals surface area contributed by atoms with Crippen molar-refractivity contribution in [2.45, 2.75) is 82.1 Å². The number of nitrogens with zero attached hydrogens (tertiary/aromatic N) is 6. The van der Waals surface area contributed by atoms with Crippen LogP contribution in [0.2, 0.25) is 0 Å². The van der Waals surface area contributed by atoms with Crippen molar-refractivity contribution in [2.24, 2.45) is 0 Å². The van der Waals surface area contributed by atoms with Crippen LogP contribution in [0.15, 0.2) is 207 Å². The molecule has 0 spiro atoms. The van der Waals surface area contributed by atoms with E-state index in [0.717, 1.165) is 164 Å². The fourth-order valence-electron chi connectivity index (χ4n) is 21.0. The lowest BCUT2D eigenvalue weighted by molar-refractivity contribution is -0.385. The summed E-state index contributed by atoms with van der Waals surface area (Å²) in [5, 5.41) is 65.2. The van der Waals surface area contributed by atoms with Gasteiger partial charge in [-0.1, -0.05) is 54.6 Å². The average Bonchev–Trinajstić information content (AvgIpc) is 1.54. The van der Waals surface area contributed by atoms with Crippen LogP contribution in [0.5, 0.6) is 51.7 Å². The Kier molecular flexibility index (Phi) is 23.0. The Morgan fingerprint density at radius 3 is 1.30 bits per heavy atom. The number of aryl methyl sites for hydroxylation is 2. The molecule has 31 nitrogen and oxygen atoms in total. The van der Waals surface area contributed by atoms with E-state index in [1.54, 1.807) is 89.7 Å². The fraction of sp³-hybridized carbons (Fsp3) is 0.233. The van der Waals surface area contributed by atoms with Crippen molar-refractivity contribution in [3.63, 3.8) is 0 Å². The van der Waals surface area contributed by atoms with Gasteiger partial charge in [-0.05, 0) is 254 Å². The molecule has 0 saturated carbocycles. The zero-order valence-electron chi connectivity index (χ0n) is 75.1. The lowest BCUT2D eigenvalue weighted by Gasteiger charge is -2.27. The largest absolute Gasteiger partial charge is 0.504 e. The first-order valence-corrected chi connectivity index (χ1v) is 46.8. The normalized spacial score (nSPS) is 18.2. The van der Waals surface area contributed by atoms with Gasteiger partial charge in [0.05, 0.1) is 139 Å². The summed E-state index contributed by atoms with van der Waals surface area (Å²) in [6, 6.07) is 44.6. The summed E-state index contributed by atoms with van der Waals surface area (Å²) in [5.74, 6) is -0.725. The predicted octanol–water partition coefficient (Wildman–Crippen LogP) is 17.0. The van der Waals surface area contributed by atoms with Crippen LogP contribution in [0, 0.1) is 28.7 Å². The number of fused-ring (bicyclic) bond motifs is 15. The number of H-pyrrole nitrogens is 3. The minimum absolute atomic E-state index is 0.0322. The van der Waals surface area contributed by atoms with Gasteiger partial charge in [0.15, 0.2) is 56.5 Å². The number of thiazole rings is 3. The van der Waals surface area contributed by atoms with Crippen molar-refractivity contribution in [3.05, 3.63) is 321 Å². The van der Waals surface area contributed by atoms with Crippen molar-refractivity contribution in [2.75, 3.05) is 75.7 Å². The molecular weight excluding hydrogens is 1840 g/mol. The van der Waals surface area contributed by atoms with Gasteiger partial charge in [0.25, 0.3) is 0 Å². The lowest BCUT2D eigenvalue weighted by Crippen LogP contribution is -2.19. The van der Waals surface area contributed by atoms with E-state index in [9.17, 15) is 54.5 Å².